The molecule has 0 saturated heterocycles. The van der Waals surface area contributed by atoms with Crippen LogP contribution < -0.4 is 4.74 Å². The highest BCUT2D eigenvalue weighted by Crippen LogP contribution is 2.23. The number of aliphatic hydroxyl groups excluding tert-OH is 1. The number of aliphatic hydroxyl groups is 1. The largest absolute Gasteiger partial charge is 0.437 e. The molecule has 1 aromatic carbocycles. The summed E-state index contributed by atoms with van der Waals surface area (Å²) in [5.74, 6) is 1.12. The fourth-order valence-electron chi connectivity index (χ4n) is 1.93. The summed E-state index contributed by atoms with van der Waals surface area (Å²) in [6.07, 6.45) is 2.75. The third-order valence-electron chi connectivity index (χ3n) is 3.03. The normalized spacial score (nSPS) is 12.3. The first kappa shape index (κ1) is 12.6. The lowest BCUT2D eigenvalue weighted by molar-refractivity contribution is 0.198. The van der Waals surface area contributed by atoms with Gasteiger partial charge in [-0.15, -0.1) is 0 Å². The molecule has 4 nitrogen and oxygen atoms in total. The van der Waals surface area contributed by atoms with Gasteiger partial charge in [-0.05, 0) is 30.7 Å². The van der Waals surface area contributed by atoms with Crippen LogP contribution >= 0.6 is 0 Å². The molecule has 4 heteroatoms. The average molecular weight is 266 g/mol. The fourth-order valence-corrected chi connectivity index (χ4v) is 1.93. The zero-order valence-electron chi connectivity index (χ0n) is 11.0. The first-order chi connectivity index (χ1) is 9.72. The monoisotopic (exact) mass is 266 g/mol. The highest BCUT2D eigenvalue weighted by Gasteiger charge is 2.04. The molecule has 0 fully saturated rings. The van der Waals surface area contributed by atoms with Gasteiger partial charge in [0.05, 0.1) is 17.8 Å². The molecule has 0 aliphatic carbocycles. The van der Waals surface area contributed by atoms with Crippen molar-refractivity contribution in [2.45, 2.75) is 13.0 Å². The van der Waals surface area contributed by atoms with Gasteiger partial charge in [0.1, 0.15) is 5.75 Å². The predicted molar refractivity (Wildman–Crippen MR) is 76.7 cm³/mol. The Morgan fingerprint density at radius 1 is 1.05 bits per heavy atom. The number of hydrogen-bond donors (Lipinski definition) is 1. The summed E-state index contributed by atoms with van der Waals surface area (Å²) in [6.45, 7) is 1.70. The van der Waals surface area contributed by atoms with E-state index in [-0.39, 0.29) is 0 Å². The molecule has 100 valence electrons. The molecular weight excluding hydrogens is 252 g/mol. The van der Waals surface area contributed by atoms with Crippen LogP contribution in [-0.4, -0.2) is 15.1 Å². The minimum atomic E-state index is -0.529. The van der Waals surface area contributed by atoms with Gasteiger partial charge in [-0.1, -0.05) is 18.2 Å². The quantitative estimate of drug-likeness (QED) is 0.788. The van der Waals surface area contributed by atoms with Crippen molar-refractivity contribution >= 4 is 10.9 Å². The lowest BCUT2D eigenvalue weighted by Gasteiger charge is -2.07. The van der Waals surface area contributed by atoms with Crippen LogP contribution in [0, 0.1) is 0 Å². The van der Waals surface area contributed by atoms with E-state index in [2.05, 4.69) is 9.97 Å². The second kappa shape index (κ2) is 5.27. The number of benzene rings is 1. The second-order valence-corrected chi connectivity index (χ2v) is 4.57. The molecule has 20 heavy (non-hydrogen) atoms. The molecule has 0 aliphatic rings. The van der Waals surface area contributed by atoms with Crippen LogP contribution in [0.25, 0.3) is 10.9 Å². The first-order valence-corrected chi connectivity index (χ1v) is 6.39. The molecule has 3 rings (SSSR count). The highest BCUT2D eigenvalue weighted by molar-refractivity contribution is 5.79. The maximum atomic E-state index is 9.43. The standard InChI is InChI=1S/C16H14N2O2/c1-11(19)13-6-7-16(18-9-13)20-14-8-12-4-2-3-5-15(12)17-10-14/h2-11,19H,1H3/t11-/m0/s1. The van der Waals surface area contributed by atoms with E-state index in [1.54, 1.807) is 31.5 Å². The number of hydrogen-bond acceptors (Lipinski definition) is 4. The zero-order chi connectivity index (χ0) is 13.9. The number of nitrogens with zero attached hydrogens (tertiary/aromatic N) is 2. The Morgan fingerprint density at radius 3 is 2.65 bits per heavy atom. The molecule has 0 amide bonds. The minimum absolute atomic E-state index is 0.478. The van der Waals surface area contributed by atoms with Gasteiger partial charge >= 0.3 is 0 Å². The van der Waals surface area contributed by atoms with Crippen molar-refractivity contribution in [2.24, 2.45) is 0 Å². The number of para-hydroxylation sites is 1. The smallest absolute Gasteiger partial charge is 0.219 e. The highest BCUT2D eigenvalue weighted by atomic mass is 16.5. The van der Waals surface area contributed by atoms with E-state index in [0.717, 1.165) is 16.5 Å². The lowest BCUT2D eigenvalue weighted by Crippen LogP contribution is -1.94. The Labute approximate surface area is 116 Å². The van der Waals surface area contributed by atoms with Crippen LogP contribution in [0.15, 0.2) is 54.9 Å². The molecule has 1 N–H and O–H groups in total. The summed E-state index contributed by atoms with van der Waals surface area (Å²) < 4.78 is 5.67. The summed E-state index contributed by atoms with van der Waals surface area (Å²) in [4.78, 5) is 8.50. The van der Waals surface area contributed by atoms with Crippen LogP contribution in [0.2, 0.25) is 0 Å². The molecule has 0 aliphatic heterocycles. The molecule has 0 spiro atoms. The van der Waals surface area contributed by atoms with E-state index < -0.39 is 6.10 Å². The van der Waals surface area contributed by atoms with Crippen LogP contribution in [-0.2, 0) is 0 Å². The summed E-state index contributed by atoms with van der Waals surface area (Å²) >= 11 is 0. The van der Waals surface area contributed by atoms with Crippen LogP contribution in [0.1, 0.15) is 18.6 Å². The van der Waals surface area contributed by atoms with Crippen molar-refractivity contribution in [3.63, 3.8) is 0 Å². The molecule has 2 heterocycles. The van der Waals surface area contributed by atoms with Crippen LogP contribution in [0.4, 0.5) is 0 Å². The van der Waals surface area contributed by atoms with E-state index in [1.807, 2.05) is 30.3 Å². The fraction of sp³-hybridized carbons (Fsp3) is 0.125. The molecule has 0 radical (unpaired) electrons. The Balaban J connectivity index is 1.85. The molecule has 1 atom stereocenters. The summed E-state index contributed by atoms with van der Waals surface area (Å²) in [7, 11) is 0. The Hall–Kier alpha value is -2.46. The summed E-state index contributed by atoms with van der Waals surface area (Å²) in [5, 5.41) is 10.5. The van der Waals surface area contributed by atoms with E-state index >= 15 is 0 Å². The van der Waals surface area contributed by atoms with Crippen molar-refractivity contribution in [2.75, 3.05) is 0 Å². The number of aromatic nitrogens is 2. The Morgan fingerprint density at radius 2 is 1.90 bits per heavy atom. The second-order valence-electron chi connectivity index (χ2n) is 4.57. The first-order valence-electron chi connectivity index (χ1n) is 6.39. The van der Waals surface area contributed by atoms with Gasteiger partial charge in [0.2, 0.25) is 5.88 Å². The van der Waals surface area contributed by atoms with Crippen LogP contribution in [0.5, 0.6) is 11.6 Å². The van der Waals surface area contributed by atoms with E-state index in [1.165, 1.54) is 0 Å². The topological polar surface area (TPSA) is 55.2 Å². The van der Waals surface area contributed by atoms with Gasteiger partial charge < -0.3 is 9.84 Å². The average Bonchev–Trinajstić information content (AvgIpc) is 2.48. The van der Waals surface area contributed by atoms with Crippen molar-refractivity contribution in [1.29, 1.82) is 0 Å². The maximum absolute atomic E-state index is 9.43. The van der Waals surface area contributed by atoms with Gasteiger partial charge in [-0.3, -0.25) is 4.98 Å². The van der Waals surface area contributed by atoms with Gasteiger partial charge in [0, 0.05) is 17.6 Å². The molecule has 0 bridgehead atoms. The van der Waals surface area contributed by atoms with E-state index in [9.17, 15) is 5.11 Å². The predicted octanol–water partition coefficient (Wildman–Crippen LogP) is 3.48. The number of fused-ring (bicyclic) bond motifs is 1. The van der Waals surface area contributed by atoms with Crippen molar-refractivity contribution in [1.82, 2.24) is 9.97 Å². The van der Waals surface area contributed by atoms with Crippen molar-refractivity contribution in [3.8, 4) is 11.6 Å². The van der Waals surface area contributed by atoms with Gasteiger partial charge in [0.15, 0.2) is 0 Å². The number of rotatable bonds is 3. The third kappa shape index (κ3) is 2.60. The zero-order valence-corrected chi connectivity index (χ0v) is 11.0. The lowest BCUT2D eigenvalue weighted by atomic mass is 10.2. The van der Waals surface area contributed by atoms with Gasteiger partial charge in [-0.25, -0.2) is 4.98 Å². The van der Waals surface area contributed by atoms with Crippen molar-refractivity contribution in [3.05, 3.63) is 60.4 Å². The summed E-state index contributed by atoms with van der Waals surface area (Å²) in [6, 6.07) is 13.3. The Kier molecular flexibility index (Phi) is 3.31. The number of ether oxygens (including phenoxy) is 1. The maximum Gasteiger partial charge on any atom is 0.219 e. The number of pyridine rings is 2. The molecule has 2 aromatic heterocycles. The summed E-state index contributed by atoms with van der Waals surface area (Å²) in [5.41, 5.74) is 1.69. The van der Waals surface area contributed by atoms with E-state index in [0.29, 0.717) is 11.6 Å². The van der Waals surface area contributed by atoms with Gasteiger partial charge in [0.25, 0.3) is 0 Å². The Bertz CT molecular complexity index is 724. The molecule has 0 saturated carbocycles. The third-order valence-corrected chi connectivity index (χ3v) is 3.03. The van der Waals surface area contributed by atoms with Gasteiger partial charge in [-0.2, -0.15) is 0 Å². The van der Waals surface area contributed by atoms with E-state index in [4.69, 9.17) is 4.74 Å². The molecule has 0 unspecified atom stereocenters. The minimum Gasteiger partial charge on any atom is -0.437 e. The van der Waals surface area contributed by atoms with Crippen LogP contribution in [0.3, 0.4) is 0 Å². The van der Waals surface area contributed by atoms with Crippen molar-refractivity contribution < 1.29 is 9.84 Å². The molecular formula is C16H14N2O2. The SMILES string of the molecule is C[C@H](O)c1ccc(Oc2cnc3ccccc3c2)nc1. The molecule has 3 aromatic rings.